The monoisotopic (exact) mass is 278 g/mol. The number of carbonyl (C=O) groups is 1. The zero-order valence-electron chi connectivity index (χ0n) is 13.1. The Bertz CT molecular complexity index is 438. The van der Waals surface area contributed by atoms with Gasteiger partial charge in [0.25, 0.3) is 0 Å². The van der Waals surface area contributed by atoms with Gasteiger partial charge in [-0.25, -0.2) is 0 Å². The highest BCUT2D eigenvalue weighted by atomic mass is 16.5. The van der Waals surface area contributed by atoms with Gasteiger partial charge in [0.05, 0.1) is 13.7 Å². The topological polar surface area (TPSA) is 35.5 Å². The van der Waals surface area contributed by atoms with E-state index in [1.54, 1.807) is 14.0 Å². The van der Waals surface area contributed by atoms with E-state index in [9.17, 15) is 4.79 Å². The maximum atomic E-state index is 11.8. The highest BCUT2D eigenvalue weighted by molar-refractivity contribution is 5.96. The number of hydrogen-bond acceptors (Lipinski definition) is 3. The molecule has 0 aliphatic heterocycles. The fraction of sp³-hybridized carbons (Fsp3) is 0.588. The van der Waals surface area contributed by atoms with E-state index in [0.717, 1.165) is 54.7 Å². The third-order valence-corrected chi connectivity index (χ3v) is 3.32. The summed E-state index contributed by atoms with van der Waals surface area (Å²) >= 11 is 0. The van der Waals surface area contributed by atoms with E-state index in [4.69, 9.17) is 9.47 Å². The van der Waals surface area contributed by atoms with Crippen molar-refractivity contribution in [2.45, 2.75) is 52.9 Å². The van der Waals surface area contributed by atoms with Gasteiger partial charge in [0, 0.05) is 11.1 Å². The Kier molecular flexibility index (Phi) is 7.13. The maximum absolute atomic E-state index is 11.8. The number of benzene rings is 1. The second-order valence-electron chi connectivity index (χ2n) is 4.98. The third-order valence-electron chi connectivity index (χ3n) is 3.32. The van der Waals surface area contributed by atoms with Crippen molar-refractivity contribution in [1.82, 2.24) is 0 Å². The highest BCUT2D eigenvalue weighted by Gasteiger charge is 2.17. The molecule has 112 valence electrons. The summed E-state index contributed by atoms with van der Waals surface area (Å²) < 4.78 is 11.3. The average Bonchev–Trinajstić information content (AvgIpc) is 2.44. The van der Waals surface area contributed by atoms with Gasteiger partial charge in [-0.3, -0.25) is 4.79 Å². The molecule has 0 fully saturated rings. The van der Waals surface area contributed by atoms with Crippen LogP contribution in [0.1, 0.15) is 62.4 Å². The van der Waals surface area contributed by atoms with Crippen molar-refractivity contribution in [1.29, 1.82) is 0 Å². The summed E-state index contributed by atoms with van der Waals surface area (Å²) in [6.07, 6.45) is 5.14. The molecular formula is C17H26O3. The first-order valence-corrected chi connectivity index (χ1v) is 7.49. The molecule has 0 aromatic heterocycles. The number of ketones is 1. The number of Topliss-reactive ketones (excluding diaryl/α,β-unsaturated/α-hetero) is 1. The molecule has 1 rings (SSSR count). The Hall–Kier alpha value is -1.51. The number of unbranched alkanes of at least 4 members (excludes halogenated alkanes) is 2. The molecule has 3 heteroatoms. The van der Waals surface area contributed by atoms with Crippen LogP contribution >= 0.6 is 0 Å². The lowest BCUT2D eigenvalue weighted by Crippen LogP contribution is -2.07. The Labute approximate surface area is 122 Å². The van der Waals surface area contributed by atoms with E-state index in [2.05, 4.69) is 13.8 Å². The van der Waals surface area contributed by atoms with Gasteiger partial charge >= 0.3 is 0 Å². The SMILES string of the molecule is CCCCCOc1c(OC)ccc(C(C)=O)c1CCC. The fourth-order valence-corrected chi connectivity index (χ4v) is 2.28. The minimum absolute atomic E-state index is 0.0783. The van der Waals surface area contributed by atoms with Crippen molar-refractivity contribution in [2.75, 3.05) is 13.7 Å². The highest BCUT2D eigenvalue weighted by Crippen LogP contribution is 2.35. The van der Waals surface area contributed by atoms with Crippen LogP contribution in [0.25, 0.3) is 0 Å². The second kappa shape index (κ2) is 8.62. The van der Waals surface area contributed by atoms with Crippen LogP contribution in [0.5, 0.6) is 11.5 Å². The van der Waals surface area contributed by atoms with Crippen molar-refractivity contribution in [3.63, 3.8) is 0 Å². The Morgan fingerprint density at radius 2 is 1.90 bits per heavy atom. The molecule has 0 atom stereocenters. The minimum atomic E-state index is 0.0783. The van der Waals surface area contributed by atoms with Crippen molar-refractivity contribution in [3.05, 3.63) is 23.3 Å². The van der Waals surface area contributed by atoms with Crippen molar-refractivity contribution in [2.24, 2.45) is 0 Å². The van der Waals surface area contributed by atoms with Crippen LogP contribution in [0.2, 0.25) is 0 Å². The molecule has 0 saturated heterocycles. The summed E-state index contributed by atoms with van der Waals surface area (Å²) in [4.78, 5) is 11.8. The summed E-state index contributed by atoms with van der Waals surface area (Å²) in [5, 5.41) is 0. The molecule has 20 heavy (non-hydrogen) atoms. The van der Waals surface area contributed by atoms with Gasteiger partial charge in [0.2, 0.25) is 0 Å². The van der Waals surface area contributed by atoms with E-state index in [1.165, 1.54) is 0 Å². The smallest absolute Gasteiger partial charge is 0.165 e. The van der Waals surface area contributed by atoms with Crippen LogP contribution < -0.4 is 9.47 Å². The molecular weight excluding hydrogens is 252 g/mol. The molecule has 1 aromatic carbocycles. The Balaban J connectivity index is 3.07. The van der Waals surface area contributed by atoms with Crippen molar-refractivity contribution >= 4 is 5.78 Å². The maximum Gasteiger partial charge on any atom is 0.165 e. The van der Waals surface area contributed by atoms with Gasteiger partial charge in [0.1, 0.15) is 0 Å². The fourth-order valence-electron chi connectivity index (χ4n) is 2.28. The van der Waals surface area contributed by atoms with E-state index in [0.29, 0.717) is 6.61 Å². The van der Waals surface area contributed by atoms with Crippen LogP contribution in [0.3, 0.4) is 0 Å². The minimum Gasteiger partial charge on any atom is -0.493 e. The molecule has 0 saturated carbocycles. The normalized spacial score (nSPS) is 10.4. The van der Waals surface area contributed by atoms with Crippen LogP contribution in [-0.2, 0) is 6.42 Å². The molecule has 3 nitrogen and oxygen atoms in total. The van der Waals surface area contributed by atoms with E-state index in [-0.39, 0.29) is 5.78 Å². The largest absolute Gasteiger partial charge is 0.493 e. The van der Waals surface area contributed by atoms with Crippen LogP contribution in [0.15, 0.2) is 12.1 Å². The average molecular weight is 278 g/mol. The molecule has 1 aromatic rings. The predicted octanol–water partition coefficient (Wildman–Crippen LogP) is 4.42. The number of carbonyl (C=O) groups excluding carboxylic acids is 1. The van der Waals surface area contributed by atoms with Gasteiger partial charge in [-0.05, 0) is 31.9 Å². The van der Waals surface area contributed by atoms with Gasteiger partial charge in [0.15, 0.2) is 17.3 Å². The summed E-state index contributed by atoms with van der Waals surface area (Å²) in [6, 6.07) is 3.66. The second-order valence-corrected chi connectivity index (χ2v) is 4.98. The van der Waals surface area contributed by atoms with Crippen LogP contribution in [0, 0.1) is 0 Å². The number of rotatable bonds is 9. The Morgan fingerprint density at radius 1 is 1.15 bits per heavy atom. The number of ether oxygens (including phenoxy) is 2. The third kappa shape index (κ3) is 4.26. The van der Waals surface area contributed by atoms with Crippen LogP contribution in [-0.4, -0.2) is 19.5 Å². The quantitative estimate of drug-likeness (QED) is 0.495. The van der Waals surface area contributed by atoms with Crippen molar-refractivity contribution in [3.8, 4) is 11.5 Å². The molecule has 0 spiro atoms. The predicted molar refractivity (Wildman–Crippen MR) is 82.0 cm³/mol. The first-order valence-electron chi connectivity index (χ1n) is 7.49. The summed E-state index contributed by atoms with van der Waals surface area (Å²) in [5.41, 5.74) is 1.73. The zero-order chi connectivity index (χ0) is 15.0. The molecule has 0 N–H and O–H groups in total. The summed E-state index contributed by atoms with van der Waals surface area (Å²) in [6.45, 7) is 6.54. The molecule has 0 heterocycles. The molecule has 0 radical (unpaired) electrons. The van der Waals surface area contributed by atoms with Crippen LogP contribution in [0.4, 0.5) is 0 Å². The van der Waals surface area contributed by atoms with E-state index in [1.807, 2.05) is 12.1 Å². The standard InChI is InChI=1S/C17H26O3/c1-5-7-8-12-20-17-15(9-6-2)14(13(3)18)10-11-16(17)19-4/h10-11H,5-9,12H2,1-4H3. The van der Waals surface area contributed by atoms with Gasteiger partial charge < -0.3 is 9.47 Å². The summed E-state index contributed by atoms with van der Waals surface area (Å²) in [5.74, 6) is 1.54. The van der Waals surface area contributed by atoms with Crippen molar-refractivity contribution < 1.29 is 14.3 Å². The molecule has 0 unspecified atom stereocenters. The number of methoxy groups -OCH3 is 1. The zero-order valence-corrected chi connectivity index (χ0v) is 13.1. The first kappa shape index (κ1) is 16.5. The molecule has 0 amide bonds. The van der Waals surface area contributed by atoms with Gasteiger partial charge in [-0.15, -0.1) is 0 Å². The summed E-state index contributed by atoms with van der Waals surface area (Å²) in [7, 11) is 1.64. The molecule has 0 aliphatic carbocycles. The molecule has 0 bridgehead atoms. The van der Waals surface area contributed by atoms with Gasteiger partial charge in [-0.2, -0.15) is 0 Å². The Morgan fingerprint density at radius 3 is 2.45 bits per heavy atom. The van der Waals surface area contributed by atoms with E-state index >= 15 is 0 Å². The lowest BCUT2D eigenvalue weighted by Gasteiger charge is -2.17. The first-order chi connectivity index (χ1) is 9.65. The lowest BCUT2D eigenvalue weighted by molar-refractivity contribution is 0.101. The number of hydrogen-bond donors (Lipinski definition) is 0. The lowest BCUT2D eigenvalue weighted by atomic mass is 9.98. The van der Waals surface area contributed by atoms with Gasteiger partial charge in [-0.1, -0.05) is 33.1 Å². The molecule has 0 aliphatic rings. The van der Waals surface area contributed by atoms with E-state index < -0.39 is 0 Å².